The van der Waals surface area contributed by atoms with Gasteiger partial charge in [-0.05, 0) is 45.4 Å². The molecule has 1 aliphatic heterocycles. The Morgan fingerprint density at radius 1 is 1.33 bits per heavy atom. The molecule has 3 rings (SSSR count). The number of fused-ring (bicyclic) bond motifs is 2. The quantitative estimate of drug-likeness (QED) is 0.491. The van der Waals surface area contributed by atoms with Crippen LogP contribution in [0.2, 0.25) is 0 Å². The Kier molecular flexibility index (Phi) is 3.95. The molecule has 2 aromatic rings. The van der Waals surface area contributed by atoms with Crippen LogP contribution in [0.15, 0.2) is 45.1 Å². The highest BCUT2D eigenvalue weighted by molar-refractivity contribution is 5.88. The van der Waals surface area contributed by atoms with Crippen molar-refractivity contribution in [1.29, 1.82) is 0 Å². The summed E-state index contributed by atoms with van der Waals surface area (Å²) in [5.74, 6) is 0.312. The van der Waals surface area contributed by atoms with E-state index in [0.717, 1.165) is 10.9 Å². The first-order chi connectivity index (χ1) is 11.3. The molecule has 1 aromatic heterocycles. The molecule has 0 amide bonds. The number of benzene rings is 1. The Labute approximate surface area is 139 Å². The third-order valence-corrected chi connectivity index (χ3v) is 4.36. The minimum absolute atomic E-state index is 0.301. The van der Waals surface area contributed by atoms with Crippen LogP contribution in [0, 0.1) is 0 Å². The van der Waals surface area contributed by atoms with Crippen LogP contribution in [-0.4, -0.2) is 17.7 Å². The van der Waals surface area contributed by atoms with Gasteiger partial charge in [0.2, 0.25) is 0 Å². The molecule has 0 saturated carbocycles. The van der Waals surface area contributed by atoms with E-state index in [1.165, 1.54) is 6.07 Å². The predicted molar refractivity (Wildman–Crippen MR) is 90.2 cm³/mol. The smallest absolute Gasteiger partial charge is 0.336 e. The van der Waals surface area contributed by atoms with Crippen molar-refractivity contribution in [1.82, 2.24) is 0 Å². The van der Waals surface area contributed by atoms with Gasteiger partial charge in [-0.3, -0.25) is 0 Å². The average molecular weight is 328 g/mol. The summed E-state index contributed by atoms with van der Waals surface area (Å²) in [6.07, 6.45) is 2.04. The van der Waals surface area contributed by atoms with Crippen LogP contribution in [0.3, 0.4) is 0 Å². The number of rotatable bonds is 3. The van der Waals surface area contributed by atoms with E-state index >= 15 is 0 Å². The molecule has 5 nitrogen and oxygen atoms in total. The van der Waals surface area contributed by atoms with Gasteiger partial charge in [-0.25, -0.2) is 9.59 Å². The topological polar surface area (TPSA) is 65.7 Å². The van der Waals surface area contributed by atoms with Crippen molar-refractivity contribution in [3.63, 3.8) is 0 Å². The van der Waals surface area contributed by atoms with Gasteiger partial charge in [0, 0.05) is 29.5 Å². The number of esters is 1. The number of carbonyl (C=O) groups excluding carboxylic acids is 1. The molecular weight excluding hydrogens is 308 g/mol. The lowest BCUT2D eigenvalue weighted by Gasteiger charge is -2.30. The van der Waals surface area contributed by atoms with Gasteiger partial charge in [0.05, 0.1) is 0 Å². The van der Waals surface area contributed by atoms with Crippen molar-refractivity contribution >= 4 is 16.9 Å². The lowest BCUT2D eigenvalue weighted by atomic mass is 9.96. The van der Waals surface area contributed by atoms with E-state index < -0.39 is 11.2 Å². The Morgan fingerprint density at radius 3 is 2.79 bits per heavy atom. The summed E-state index contributed by atoms with van der Waals surface area (Å²) in [6, 6.07) is 6.80. The number of hydrogen-bond donors (Lipinski definition) is 0. The predicted octanol–water partition coefficient (Wildman–Crippen LogP) is 3.38. The molecule has 0 fully saturated rings. The van der Waals surface area contributed by atoms with Gasteiger partial charge < -0.3 is 13.9 Å². The third kappa shape index (κ3) is 2.94. The second-order valence-corrected chi connectivity index (χ2v) is 6.53. The molecule has 0 aliphatic carbocycles. The normalized spacial score (nSPS) is 17.5. The van der Waals surface area contributed by atoms with E-state index in [9.17, 15) is 9.59 Å². The van der Waals surface area contributed by atoms with Gasteiger partial charge >= 0.3 is 11.6 Å². The number of hydrogen-bond acceptors (Lipinski definition) is 5. The summed E-state index contributed by atoms with van der Waals surface area (Å²) >= 11 is 0. The molecule has 0 saturated heterocycles. The Balaban J connectivity index is 1.86. The number of carbonyl (C=O) groups is 1. The Hall–Kier alpha value is -2.56. The molecule has 1 atom stereocenters. The number of ether oxygens (including phenoxy) is 2. The summed E-state index contributed by atoms with van der Waals surface area (Å²) in [5.41, 5.74) is 0.877. The zero-order chi connectivity index (χ0) is 17.5. The van der Waals surface area contributed by atoms with Crippen LogP contribution in [0.25, 0.3) is 11.0 Å². The summed E-state index contributed by atoms with van der Waals surface area (Å²) in [7, 11) is 0. The molecule has 1 aromatic carbocycles. The Bertz CT molecular complexity index is 888. The highest BCUT2D eigenvalue weighted by atomic mass is 16.6. The molecule has 1 aliphatic rings. The zero-order valence-corrected chi connectivity index (χ0v) is 14.2. The van der Waals surface area contributed by atoms with E-state index in [1.54, 1.807) is 32.1 Å². The van der Waals surface area contributed by atoms with Crippen molar-refractivity contribution in [2.24, 2.45) is 0 Å². The molecule has 0 unspecified atom stereocenters. The third-order valence-electron chi connectivity index (χ3n) is 4.36. The molecule has 0 spiro atoms. The van der Waals surface area contributed by atoms with Gasteiger partial charge in [-0.1, -0.05) is 6.08 Å². The van der Waals surface area contributed by atoms with Crippen molar-refractivity contribution in [2.75, 3.05) is 0 Å². The van der Waals surface area contributed by atoms with Crippen molar-refractivity contribution < 1.29 is 18.7 Å². The SMILES string of the molecule is C/C=C(\C)C(=O)OC(C)(C)[C@@H]1Cc2cc3ccc(=O)oc3cc2O1. The highest BCUT2D eigenvalue weighted by Gasteiger charge is 2.40. The van der Waals surface area contributed by atoms with Gasteiger partial charge in [0.15, 0.2) is 0 Å². The van der Waals surface area contributed by atoms with E-state index in [-0.39, 0.29) is 12.1 Å². The summed E-state index contributed by atoms with van der Waals surface area (Å²) in [6.45, 7) is 7.19. The first-order valence-corrected chi connectivity index (χ1v) is 7.90. The molecule has 24 heavy (non-hydrogen) atoms. The van der Waals surface area contributed by atoms with E-state index in [2.05, 4.69) is 0 Å². The molecule has 126 valence electrons. The number of allylic oxidation sites excluding steroid dienone is 1. The molecular formula is C19H20O5. The lowest BCUT2D eigenvalue weighted by molar-refractivity contribution is -0.159. The van der Waals surface area contributed by atoms with Crippen LogP contribution < -0.4 is 10.4 Å². The van der Waals surface area contributed by atoms with Crippen LogP contribution >= 0.6 is 0 Å². The molecule has 5 heteroatoms. The fourth-order valence-electron chi connectivity index (χ4n) is 2.70. The zero-order valence-electron chi connectivity index (χ0n) is 14.2. The molecule has 0 radical (unpaired) electrons. The maximum absolute atomic E-state index is 12.1. The van der Waals surface area contributed by atoms with Gasteiger partial charge in [-0.2, -0.15) is 0 Å². The molecule has 2 heterocycles. The maximum atomic E-state index is 12.1. The molecule has 0 N–H and O–H groups in total. The van der Waals surface area contributed by atoms with Crippen LogP contribution in [0.1, 0.15) is 33.3 Å². The summed E-state index contributed by atoms with van der Waals surface area (Å²) < 4.78 is 16.8. The van der Waals surface area contributed by atoms with Crippen molar-refractivity contribution in [2.45, 2.75) is 45.8 Å². The van der Waals surface area contributed by atoms with Crippen molar-refractivity contribution in [3.05, 3.63) is 51.9 Å². The maximum Gasteiger partial charge on any atom is 0.336 e. The second-order valence-electron chi connectivity index (χ2n) is 6.53. The second kappa shape index (κ2) is 5.82. The van der Waals surface area contributed by atoms with Crippen LogP contribution in [-0.2, 0) is 16.0 Å². The first-order valence-electron chi connectivity index (χ1n) is 7.90. The average Bonchev–Trinajstić information content (AvgIpc) is 2.95. The fraction of sp³-hybridized carbons (Fsp3) is 0.368. The van der Waals surface area contributed by atoms with Gasteiger partial charge in [-0.15, -0.1) is 0 Å². The minimum atomic E-state index is -0.784. The van der Waals surface area contributed by atoms with Gasteiger partial charge in [0.1, 0.15) is 23.0 Å². The van der Waals surface area contributed by atoms with E-state index in [0.29, 0.717) is 23.3 Å². The lowest BCUT2D eigenvalue weighted by Crippen LogP contribution is -2.43. The monoisotopic (exact) mass is 328 g/mol. The van der Waals surface area contributed by atoms with E-state index in [1.807, 2.05) is 19.9 Å². The largest absolute Gasteiger partial charge is 0.485 e. The Morgan fingerprint density at radius 2 is 2.08 bits per heavy atom. The standard InChI is InChI=1S/C19H20O5/c1-5-11(2)18(21)24-19(3,4)16-9-13-8-12-6-7-17(20)23-14(12)10-15(13)22-16/h5-8,10,16H,9H2,1-4H3/b11-5+/t16-/m0/s1. The minimum Gasteiger partial charge on any atom is -0.485 e. The van der Waals surface area contributed by atoms with E-state index in [4.69, 9.17) is 13.9 Å². The molecule has 0 bridgehead atoms. The van der Waals surface area contributed by atoms with Crippen LogP contribution in [0.5, 0.6) is 5.75 Å². The summed E-state index contributed by atoms with van der Waals surface area (Å²) in [4.78, 5) is 23.4. The highest BCUT2D eigenvalue weighted by Crippen LogP contribution is 2.37. The fourth-order valence-corrected chi connectivity index (χ4v) is 2.70. The van der Waals surface area contributed by atoms with Crippen molar-refractivity contribution in [3.8, 4) is 5.75 Å². The van der Waals surface area contributed by atoms with Gasteiger partial charge in [0.25, 0.3) is 0 Å². The van der Waals surface area contributed by atoms with Crippen LogP contribution in [0.4, 0.5) is 0 Å². The summed E-state index contributed by atoms with van der Waals surface area (Å²) in [5, 5.41) is 0.845. The first kappa shape index (κ1) is 16.3.